The smallest absolute Gasteiger partial charge is 0.325 e. The number of amides is 1. The lowest BCUT2D eigenvalue weighted by atomic mass is 10.2. The van der Waals surface area contributed by atoms with Gasteiger partial charge in [-0.15, -0.1) is 0 Å². The summed E-state index contributed by atoms with van der Waals surface area (Å²) in [5.41, 5.74) is 0.452. The highest BCUT2D eigenvalue weighted by atomic mass is 16.5. The van der Waals surface area contributed by atoms with Crippen molar-refractivity contribution in [1.29, 1.82) is 0 Å². The molecule has 0 fully saturated rings. The molecule has 1 aromatic heterocycles. The van der Waals surface area contributed by atoms with Gasteiger partial charge in [0.2, 0.25) is 0 Å². The Morgan fingerprint density at radius 3 is 2.59 bits per heavy atom. The molecule has 0 aliphatic heterocycles. The molecule has 0 radical (unpaired) electrons. The highest BCUT2D eigenvalue weighted by Crippen LogP contribution is 2.09. The van der Waals surface area contributed by atoms with E-state index in [1.807, 2.05) is 6.92 Å². The molecule has 5 nitrogen and oxygen atoms in total. The topological polar surface area (TPSA) is 59.8 Å². The van der Waals surface area contributed by atoms with Crippen molar-refractivity contribution in [3.8, 4) is 0 Å². The van der Waals surface area contributed by atoms with Crippen molar-refractivity contribution in [1.82, 2.24) is 4.90 Å². The van der Waals surface area contributed by atoms with Crippen LogP contribution in [0.3, 0.4) is 0 Å². The van der Waals surface area contributed by atoms with E-state index in [0.717, 1.165) is 0 Å². The molecule has 0 aliphatic carbocycles. The second-order valence-corrected chi connectivity index (χ2v) is 3.57. The molecule has 0 atom stereocenters. The van der Waals surface area contributed by atoms with E-state index >= 15 is 0 Å². The second kappa shape index (κ2) is 6.08. The number of ether oxygens (including phenoxy) is 1. The Labute approximate surface area is 100 Å². The number of aryl methyl sites for hydroxylation is 1. The van der Waals surface area contributed by atoms with E-state index < -0.39 is 5.97 Å². The minimum absolute atomic E-state index is 0.0343. The Morgan fingerprint density at radius 1 is 1.41 bits per heavy atom. The fourth-order valence-electron chi connectivity index (χ4n) is 1.43. The SMILES string of the molecule is CCOC(=O)CN(CC)C(=O)c1coc(C)c1. The second-order valence-electron chi connectivity index (χ2n) is 3.57. The van der Waals surface area contributed by atoms with Gasteiger partial charge in [-0.3, -0.25) is 9.59 Å². The van der Waals surface area contributed by atoms with Crippen molar-refractivity contribution in [3.63, 3.8) is 0 Å². The van der Waals surface area contributed by atoms with Gasteiger partial charge in [0.05, 0.1) is 12.2 Å². The van der Waals surface area contributed by atoms with Crippen LogP contribution in [0.5, 0.6) is 0 Å². The average molecular weight is 239 g/mol. The van der Waals surface area contributed by atoms with Crippen LogP contribution in [0, 0.1) is 6.92 Å². The molecule has 5 heteroatoms. The lowest BCUT2D eigenvalue weighted by molar-refractivity contribution is -0.143. The van der Waals surface area contributed by atoms with Crippen LogP contribution in [0.1, 0.15) is 30.0 Å². The molecule has 94 valence electrons. The summed E-state index contributed by atoms with van der Waals surface area (Å²) < 4.78 is 9.88. The first-order valence-corrected chi connectivity index (χ1v) is 5.58. The van der Waals surface area contributed by atoms with Crippen molar-refractivity contribution < 1.29 is 18.7 Å². The summed E-state index contributed by atoms with van der Waals surface area (Å²) in [6.45, 7) is 6.03. The number of nitrogens with zero attached hydrogens (tertiary/aromatic N) is 1. The quantitative estimate of drug-likeness (QED) is 0.732. The van der Waals surface area contributed by atoms with E-state index in [0.29, 0.717) is 24.5 Å². The molecule has 17 heavy (non-hydrogen) atoms. The zero-order valence-electron chi connectivity index (χ0n) is 10.4. The molecule has 0 bridgehead atoms. The molecule has 0 aromatic carbocycles. The summed E-state index contributed by atoms with van der Waals surface area (Å²) in [6.07, 6.45) is 1.39. The third kappa shape index (κ3) is 3.62. The van der Waals surface area contributed by atoms with Crippen LogP contribution in [-0.4, -0.2) is 36.5 Å². The number of rotatable bonds is 5. The van der Waals surface area contributed by atoms with Gasteiger partial charge in [-0.1, -0.05) is 0 Å². The van der Waals surface area contributed by atoms with Gasteiger partial charge >= 0.3 is 5.97 Å². The number of furan rings is 1. The maximum atomic E-state index is 12.0. The minimum atomic E-state index is -0.400. The van der Waals surface area contributed by atoms with Crippen molar-refractivity contribution in [2.24, 2.45) is 0 Å². The predicted octanol–water partition coefficient (Wildman–Crippen LogP) is 1.61. The van der Waals surface area contributed by atoms with Gasteiger partial charge in [0.15, 0.2) is 0 Å². The fourth-order valence-corrected chi connectivity index (χ4v) is 1.43. The van der Waals surface area contributed by atoms with Crippen LogP contribution < -0.4 is 0 Å². The normalized spacial score (nSPS) is 10.1. The van der Waals surface area contributed by atoms with E-state index in [4.69, 9.17) is 9.15 Å². The molecular formula is C12H17NO4. The van der Waals surface area contributed by atoms with E-state index in [9.17, 15) is 9.59 Å². The molecule has 1 aromatic rings. The van der Waals surface area contributed by atoms with Crippen molar-refractivity contribution in [2.45, 2.75) is 20.8 Å². The number of likely N-dealkylation sites (N-methyl/N-ethyl adjacent to an activating group) is 1. The third-order valence-corrected chi connectivity index (χ3v) is 2.27. The maximum absolute atomic E-state index is 12.0. The highest BCUT2D eigenvalue weighted by molar-refractivity contribution is 5.95. The molecule has 1 heterocycles. The summed E-state index contributed by atoms with van der Waals surface area (Å²) in [7, 11) is 0. The Kier molecular flexibility index (Phi) is 4.75. The summed E-state index contributed by atoms with van der Waals surface area (Å²) in [6, 6.07) is 1.65. The third-order valence-electron chi connectivity index (χ3n) is 2.27. The highest BCUT2D eigenvalue weighted by Gasteiger charge is 2.19. The van der Waals surface area contributed by atoms with Crippen molar-refractivity contribution in [2.75, 3.05) is 19.7 Å². The largest absolute Gasteiger partial charge is 0.469 e. The summed E-state index contributed by atoms with van der Waals surface area (Å²) in [5, 5.41) is 0. The number of hydrogen-bond donors (Lipinski definition) is 0. The zero-order valence-corrected chi connectivity index (χ0v) is 10.4. The molecule has 0 N–H and O–H groups in total. The van der Waals surface area contributed by atoms with Crippen LogP contribution in [-0.2, 0) is 9.53 Å². The number of hydrogen-bond acceptors (Lipinski definition) is 4. The van der Waals surface area contributed by atoms with Gasteiger partial charge in [-0.2, -0.15) is 0 Å². The Morgan fingerprint density at radius 2 is 2.12 bits per heavy atom. The van der Waals surface area contributed by atoms with Gasteiger partial charge in [0.1, 0.15) is 18.6 Å². The fraction of sp³-hybridized carbons (Fsp3) is 0.500. The van der Waals surface area contributed by atoms with Crippen LogP contribution in [0.25, 0.3) is 0 Å². The van der Waals surface area contributed by atoms with Crippen LogP contribution in [0.2, 0.25) is 0 Å². The zero-order chi connectivity index (χ0) is 12.8. The summed E-state index contributed by atoms with van der Waals surface area (Å²) in [5.74, 6) is 0.0425. The molecule has 0 saturated carbocycles. The van der Waals surface area contributed by atoms with Crippen molar-refractivity contribution in [3.05, 3.63) is 23.7 Å². The predicted molar refractivity (Wildman–Crippen MR) is 61.7 cm³/mol. The van der Waals surface area contributed by atoms with Gasteiger partial charge in [-0.05, 0) is 26.8 Å². The number of esters is 1. The van der Waals surface area contributed by atoms with Crippen LogP contribution in [0.4, 0.5) is 0 Å². The van der Waals surface area contributed by atoms with Crippen LogP contribution >= 0.6 is 0 Å². The van der Waals surface area contributed by atoms with Gasteiger partial charge < -0.3 is 14.1 Å². The first-order chi connectivity index (χ1) is 8.08. The summed E-state index contributed by atoms with van der Waals surface area (Å²) >= 11 is 0. The first-order valence-electron chi connectivity index (χ1n) is 5.58. The maximum Gasteiger partial charge on any atom is 0.325 e. The molecule has 1 rings (SSSR count). The molecular weight excluding hydrogens is 222 g/mol. The molecule has 0 unspecified atom stereocenters. The first kappa shape index (κ1) is 13.3. The van der Waals surface area contributed by atoms with E-state index in [1.54, 1.807) is 19.9 Å². The molecule has 0 saturated heterocycles. The van der Waals surface area contributed by atoms with Crippen molar-refractivity contribution >= 4 is 11.9 Å². The molecule has 0 spiro atoms. The number of carbonyl (C=O) groups excluding carboxylic acids is 2. The summed E-state index contributed by atoms with van der Waals surface area (Å²) in [4.78, 5) is 24.7. The van der Waals surface area contributed by atoms with Gasteiger partial charge in [0, 0.05) is 6.54 Å². The Bertz CT molecular complexity index is 397. The minimum Gasteiger partial charge on any atom is -0.469 e. The van der Waals surface area contributed by atoms with Gasteiger partial charge in [0.25, 0.3) is 5.91 Å². The Hall–Kier alpha value is -1.78. The monoisotopic (exact) mass is 239 g/mol. The standard InChI is InChI=1S/C12H17NO4/c1-4-13(7-11(14)16-5-2)12(15)10-6-9(3)17-8-10/h6,8H,4-5,7H2,1-3H3. The van der Waals surface area contributed by atoms with E-state index in [1.165, 1.54) is 11.2 Å². The van der Waals surface area contributed by atoms with Gasteiger partial charge in [-0.25, -0.2) is 0 Å². The molecule has 0 aliphatic rings. The molecule has 1 amide bonds. The Balaban J connectivity index is 2.67. The van der Waals surface area contributed by atoms with Crippen LogP contribution in [0.15, 0.2) is 16.7 Å². The lowest BCUT2D eigenvalue weighted by Crippen LogP contribution is -2.36. The number of carbonyl (C=O) groups is 2. The van der Waals surface area contributed by atoms with E-state index in [-0.39, 0.29) is 12.5 Å². The average Bonchev–Trinajstić information content (AvgIpc) is 2.72. The lowest BCUT2D eigenvalue weighted by Gasteiger charge is -2.18. The van der Waals surface area contributed by atoms with E-state index in [2.05, 4.69) is 0 Å².